The molecular formula is C21H21NO5S2. The summed E-state index contributed by atoms with van der Waals surface area (Å²) >= 11 is 6.27. The van der Waals surface area contributed by atoms with E-state index in [1.165, 1.54) is 11.8 Å². The fraction of sp³-hybridized carbons (Fsp3) is 0.238. The Labute approximate surface area is 179 Å². The predicted molar refractivity (Wildman–Crippen MR) is 118 cm³/mol. The first-order valence-corrected chi connectivity index (χ1v) is 10.1. The summed E-state index contributed by atoms with van der Waals surface area (Å²) in [6.07, 6.45) is 2.43. The van der Waals surface area contributed by atoms with E-state index in [0.29, 0.717) is 40.4 Å². The highest BCUT2D eigenvalue weighted by Gasteiger charge is 2.23. The number of rotatable bonds is 9. The number of carbonyl (C=O) groups excluding carboxylic acids is 1. The van der Waals surface area contributed by atoms with E-state index in [2.05, 4.69) is 5.32 Å². The van der Waals surface area contributed by atoms with Crippen molar-refractivity contribution in [3.05, 3.63) is 52.9 Å². The molecule has 1 fully saturated rings. The number of benzene rings is 2. The van der Waals surface area contributed by atoms with Crippen LogP contribution in [0.25, 0.3) is 6.08 Å². The Morgan fingerprint density at radius 2 is 1.72 bits per heavy atom. The molecule has 1 heterocycles. The smallest absolute Gasteiger partial charge is 0.263 e. The molecule has 0 bridgehead atoms. The Morgan fingerprint density at radius 3 is 2.38 bits per heavy atom. The van der Waals surface area contributed by atoms with Gasteiger partial charge >= 0.3 is 0 Å². The van der Waals surface area contributed by atoms with E-state index in [1.807, 2.05) is 42.5 Å². The summed E-state index contributed by atoms with van der Waals surface area (Å²) < 4.78 is 22.7. The van der Waals surface area contributed by atoms with Crippen LogP contribution in [-0.4, -0.2) is 37.7 Å². The van der Waals surface area contributed by atoms with Crippen LogP contribution >= 0.6 is 24.0 Å². The fourth-order valence-corrected chi connectivity index (χ4v) is 3.65. The highest BCUT2D eigenvalue weighted by Crippen LogP contribution is 2.35. The molecule has 0 aromatic heterocycles. The summed E-state index contributed by atoms with van der Waals surface area (Å²) in [4.78, 5) is 12.5. The molecule has 2 aromatic carbocycles. The van der Waals surface area contributed by atoms with Crippen molar-refractivity contribution in [2.45, 2.75) is 6.42 Å². The van der Waals surface area contributed by atoms with Crippen LogP contribution in [0.1, 0.15) is 12.0 Å². The molecule has 0 radical (unpaired) electrons. The van der Waals surface area contributed by atoms with Gasteiger partial charge in [-0.3, -0.25) is 4.79 Å². The number of hydrogen-bond acceptors (Lipinski definition) is 7. The Morgan fingerprint density at radius 1 is 1.00 bits per heavy atom. The number of methoxy groups -OCH3 is 2. The third-order valence-corrected chi connectivity index (χ3v) is 5.18. The minimum Gasteiger partial charge on any atom is -0.497 e. The Kier molecular flexibility index (Phi) is 7.37. The van der Waals surface area contributed by atoms with E-state index in [4.69, 9.17) is 31.2 Å². The van der Waals surface area contributed by atoms with Gasteiger partial charge in [0.15, 0.2) is 11.5 Å². The Hall–Kier alpha value is -2.71. The van der Waals surface area contributed by atoms with E-state index in [1.54, 1.807) is 20.3 Å². The average molecular weight is 432 g/mol. The van der Waals surface area contributed by atoms with Crippen LogP contribution in [0.15, 0.2) is 47.4 Å². The number of amides is 1. The second-order valence-electron chi connectivity index (χ2n) is 5.96. The topological polar surface area (TPSA) is 66.0 Å². The van der Waals surface area contributed by atoms with Gasteiger partial charge in [-0.05, 0) is 36.4 Å². The second-order valence-corrected chi connectivity index (χ2v) is 7.68. The first kappa shape index (κ1) is 21.0. The molecule has 0 aliphatic carbocycles. The van der Waals surface area contributed by atoms with E-state index in [9.17, 15) is 4.79 Å². The number of thioether (sulfide) groups is 1. The summed E-state index contributed by atoms with van der Waals surface area (Å²) in [6.45, 7) is 0.939. The first-order valence-electron chi connectivity index (χ1n) is 8.92. The van der Waals surface area contributed by atoms with Gasteiger partial charge < -0.3 is 24.3 Å². The molecule has 3 rings (SSSR count). The largest absolute Gasteiger partial charge is 0.497 e. The highest BCUT2D eigenvalue weighted by atomic mass is 32.2. The summed E-state index contributed by atoms with van der Waals surface area (Å²) in [6, 6.07) is 13.0. The van der Waals surface area contributed by atoms with Gasteiger partial charge in [0.2, 0.25) is 0 Å². The van der Waals surface area contributed by atoms with E-state index in [-0.39, 0.29) is 5.91 Å². The molecule has 152 valence electrons. The molecule has 29 heavy (non-hydrogen) atoms. The third kappa shape index (κ3) is 5.65. The minimum atomic E-state index is -0.207. The van der Waals surface area contributed by atoms with Crippen LogP contribution < -0.4 is 24.3 Å². The van der Waals surface area contributed by atoms with Crippen LogP contribution in [0.5, 0.6) is 23.0 Å². The molecule has 6 nitrogen and oxygen atoms in total. The minimum absolute atomic E-state index is 0.207. The highest BCUT2D eigenvalue weighted by molar-refractivity contribution is 8.26. The lowest BCUT2D eigenvalue weighted by molar-refractivity contribution is -0.115. The Balaban J connectivity index is 1.60. The molecular weight excluding hydrogens is 410 g/mol. The van der Waals surface area contributed by atoms with Crippen LogP contribution in [0, 0.1) is 0 Å². The number of thiocarbonyl (C=S) groups is 1. The predicted octanol–water partition coefficient (Wildman–Crippen LogP) is 4.04. The normalized spacial score (nSPS) is 14.6. The zero-order valence-electron chi connectivity index (χ0n) is 16.1. The fourth-order valence-electron chi connectivity index (χ4n) is 2.62. The summed E-state index contributed by atoms with van der Waals surface area (Å²) in [7, 11) is 3.21. The van der Waals surface area contributed by atoms with Gasteiger partial charge in [-0.2, -0.15) is 0 Å². The van der Waals surface area contributed by atoms with Crippen LogP contribution in [0.4, 0.5) is 0 Å². The van der Waals surface area contributed by atoms with Crippen molar-refractivity contribution in [1.29, 1.82) is 0 Å². The van der Waals surface area contributed by atoms with Gasteiger partial charge in [-0.15, -0.1) is 0 Å². The molecule has 1 aliphatic heterocycles. The van der Waals surface area contributed by atoms with Crippen molar-refractivity contribution in [3.63, 3.8) is 0 Å². The van der Waals surface area contributed by atoms with E-state index >= 15 is 0 Å². The van der Waals surface area contributed by atoms with Crippen LogP contribution in [-0.2, 0) is 4.79 Å². The number of nitrogens with one attached hydrogen (secondary N) is 1. The number of ether oxygens (including phenoxy) is 4. The molecule has 1 N–H and O–H groups in total. The first-order chi connectivity index (χ1) is 14.1. The maximum Gasteiger partial charge on any atom is 0.263 e. The molecule has 1 amide bonds. The molecule has 1 saturated heterocycles. The third-order valence-electron chi connectivity index (χ3n) is 4.02. The number of para-hydroxylation sites is 1. The lowest BCUT2D eigenvalue weighted by atomic mass is 10.1. The summed E-state index contributed by atoms with van der Waals surface area (Å²) in [5.74, 6) is 2.53. The monoisotopic (exact) mass is 431 g/mol. The van der Waals surface area contributed by atoms with Gasteiger partial charge in [0, 0.05) is 12.0 Å². The van der Waals surface area contributed by atoms with Gasteiger partial charge in [-0.1, -0.05) is 36.1 Å². The van der Waals surface area contributed by atoms with Crippen molar-refractivity contribution >= 4 is 40.3 Å². The zero-order chi connectivity index (χ0) is 20.6. The van der Waals surface area contributed by atoms with Gasteiger partial charge in [0.05, 0.1) is 32.3 Å². The molecule has 0 spiro atoms. The number of hydrogen-bond donors (Lipinski definition) is 1. The lowest BCUT2D eigenvalue weighted by Crippen LogP contribution is -2.17. The van der Waals surface area contributed by atoms with E-state index < -0.39 is 0 Å². The van der Waals surface area contributed by atoms with Gasteiger partial charge in [0.1, 0.15) is 15.8 Å². The molecule has 1 aliphatic rings. The quantitative estimate of drug-likeness (QED) is 0.365. The van der Waals surface area contributed by atoms with Gasteiger partial charge in [-0.25, -0.2) is 0 Å². The molecule has 0 saturated carbocycles. The zero-order valence-corrected chi connectivity index (χ0v) is 17.7. The van der Waals surface area contributed by atoms with Gasteiger partial charge in [0.25, 0.3) is 5.91 Å². The summed E-state index contributed by atoms with van der Waals surface area (Å²) in [5.41, 5.74) is 0.753. The van der Waals surface area contributed by atoms with E-state index in [0.717, 1.165) is 17.1 Å². The molecule has 0 atom stereocenters. The average Bonchev–Trinajstić information content (AvgIpc) is 3.05. The standard InChI is InChI=1S/C21H21NO5S2/c1-24-15-7-9-16(10-8-15)26-11-4-12-27-19-14(5-3-6-17(19)25-2)13-18-20(23)22-21(28)29-18/h3,5-10,13H,4,11-12H2,1-2H3,(H,22,23,28)/b18-13+. The molecule has 0 unspecified atom stereocenters. The van der Waals surface area contributed by atoms with Crippen molar-refractivity contribution in [2.75, 3.05) is 27.4 Å². The van der Waals surface area contributed by atoms with Crippen LogP contribution in [0.2, 0.25) is 0 Å². The summed E-state index contributed by atoms with van der Waals surface area (Å²) in [5, 5.41) is 2.61. The lowest BCUT2D eigenvalue weighted by Gasteiger charge is -2.14. The maximum absolute atomic E-state index is 11.9. The molecule has 2 aromatic rings. The number of carbonyl (C=O) groups is 1. The van der Waals surface area contributed by atoms with Crippen molar-refractivity contribution in [2.24, 2.45) is 0 Å². The van der Waals surface area contributed by atoms with Crippen molar-refractivity contribution < 1.29 is 23.7 Å². The Bertz CT molecular complexity index is 912. The van der Waals surface area contributed by atoms with Crippen molar-refractivity contribution in [1.82, 2.24) is 5.32 Å². The molecule has 8 heteroatoms. The van der Waals surface area contributed by atoms with Crippen LogP contribution in [0.3, 0.4) is 0 Å². The van der Waals surface area contributed by atoms with Crippen molar-refractivity contribution in [3.8, 4) is 23.0 Å². The second kappa shape index (κ2) is 10.2. The SMILES string of the molecule is COc1ccc(OCCCOc2c(/C=C3/SC(=S)NC3=O)cccc2OC)cc1. The maximum atomic E-state index is 11.9.